The second-order valence-electron chi connectivity index (χ2n) is 4.26. The van der Waals surface area contributed by atoms with Crippen LogP contribution >= 0.6 is 11.3 Å². The third-order valence-electron chi connectivity index (χ3n) is 2.84. The molecule has 0 saturated carbocycles. The Morgan fingerprint density at radius 1 is 1.36 bits per heavy atom. The molecule has 0 aliphatic heterocycles. The first-order chi connectivity index (χ1) is 10.7. The smallest absolute Gasteiger partial charge is 0.339 e. The van der Waals surface area contributed by atoms with E-state index < -0.39 is 11.8 Å². The number of halogens is 1. The van der Waals surface area contributed by atoms with Crippen LogP contribution in [-0.2, 0) is 4.74 Å². The topological polar surface area (TPSA) is 77.0 Å². The molecule has 6 nitrogen and oxygen atoms in total. The second kappa shape index (κ2) is 6.02. The Kier molecular flexibility index (Phi) is 3.92. The summed E-state index contributed by atoms with van der Waals surface area (Å²) in [7, 11) is 0. The molecule has 0 aliphatic carbocycles. The van der Waals surface area contributed by atoms with Crippen LogP contribution in [0.1, 0.15) is 17.3 Å². The van der Waals surface area contributed by atoms with Gasteiger partial charge in [-0.1, -0.05) is 0 Å². The molecule has 0 aliphatic rings. The lowest BCUT2D eigenvalue weighted by molar-refractivity contribution is 0.0529. The molecule has 0 unspecified atom stereocenters. The first-order valence-electron chi connectivity index (χ1n) is 6.47. The Balaban J connectivity index is 2.03. The number of nitrogens with zero attached hydrogens (tertiary/aromatic N) is 3. The number of anilines is 2. The van der Waals surface area contributed by atoms with Gasteiger partial charge in [0.2, 0.25) is 0 Å². The van der Waals surface area contributed by atoms with Crippen LogP contribution in [0.3, 0.4) is 0 Å². The summed E-state index contributed by atoms with van der Waals surface area (Å²) in [4.78, 5) is 24.9. The van der Waals surface area contributed by atoms with Crippen LogP contribution in [0, 0.1) is 5.82 Å². The molecule has 0 atom stereocenters. The van der Waals surface area contributed by atoms with E-state index in [9.17, 15) is 9.18 Å². The van der Waals surface area contributed by atoms with Crippen LogP contribution in [-0.4, -0.2) is 27.5 Å². The van der Waals surface area contributed by atoms with E-state index in [0.29, 0.717) is 27.4 Å². The van der Waals surface area contributed by atoms with Gasteiger partial charge in [0, 0.05) is 5.38 Å². The normalized spacial score (nSPS) is 10.6. The zero-order valence-electron chi connectivity index (χ0n) is 11.5. The number of ether oxygens (including phenoxy) is 1. The molecule has 0 saturated heterocycles. The van der Waals surface area contributed by atoms with Gasteiger partial charge in [0.15, 0.2) is 0 Å². The van der Waals surface area contributed by atoms with Crippen molar-refractivity contribution in [2.75, 3.05) is 11.9 Å². The molecule has 8 heteroatoms. The van der Waals surface area contributed by atoms with Gasteiger partial charge in [-0.3, -0.25) is 0 Å². The zero-order chi connectivity index (χ0) is 15.5. The van der Waals surface area contributed by atoms with Crippen molar-refractivity contribution in [3.63, 3.8) is 0 Å². The number of carbonyl (C=O) groups is 1. The molecule has 3 rings (SSSR count). The van der Waals surface area contributed by atoms with Crippen LogP contribution in [0.4, 0.5) is 16.0 Å². The summed E-state index contributed by atoms with van der Waals surface area (Å²) < 4.78 is 17.9. The Morgan fingerprint density at radius 2 is 2.23 bits per heavy atom. The van der Waals surface area contributed by atoms with Gasteiger partial charge in [-0.2, -0.15) is 0 Å². The maximum absolute atomic E-state index is 12.9. The number of pyridine rings is 1. The first kappa shape index (κ1) is 14.3. The van der Waals surface area contributed by atoms with Gasteiger partial charge in [-0.05, 0) is 19.1 Å². The highest BCUT2D eigenvalue weighted by molar-refractivity contribution is 7.17. The van der Waals surface area contributed by atoms with Crippen molar-refractivity contribution in [3.05, 3.63) is 41.4 Å². The highest BCUT2D eigenvalue weighted by Crippen LogP contribution is 2.31. The molecule has 0 radical (unpaired) electrons. The summed E-state index contributed by atoms with van der Waals surface area (Å²) in [6.07, 6.45) is 2.49. The van der Waals surface area contributed by atoms with E-state index in [4.69, 9.17) is 4.74 Å². The summed E-state index contributed by atoms with van der Waals surface area (Å²) in [6.45, 7) is 2.02. The molecule has 0 amide bonds. The minimum absolute atomic E-state index is 0.284. The Labute approximate surface area is 129 Å². The highest BCUT2D eigenvalue weighted by atomic mass is 32.1. The standard InChI is InChI=1S/C14H11FN4O2S/c1-2-21-14(20)9-6-22-13-11(9)12(17-7-18-13)19-10-4-3-8(15)5-16-10/h3-7H,2H2,1H3,(H,16,17,18,19). The molecule has 0 aromatic carbocycles. The van der Waals surface area contributed by atoms with Gasteiger partial charge in [-0.15, -0.1) is 11.3 Å². The van der Waals surface area contributed by atoms with Gasteiger partial charge in [0.1, 0.15) is 28.6 Å². The van der Waals surface area contributed by atoms with E-state index in [1.807, 2.05) is 0 Å². The lowest BCUT2D eigenvalue weighted by Crippen LogP contribution is -2.05. The molecule has 0 bridgehead atoms. The maximum atomic E-state index is 12.9. The third kappa shape index (κ3) is 2.73. The molecule has 112 valence electrons. The predicted octanol–water partition coefficient (Wildman–Crippen LogP) is 3.15. The fraction of sp³-hybridized carbons (Fsp3) is 0.143. The average molecular weight is 318 g/mol. The Bertz CT molecular complexity index is 819. The van der Waals surface area contributed by atoms with Crippen molar-refractivity contribution in [1.29, 1.82) is 0 Å². The van der Waals surface area contributed by atoms with E-state index in [0.717, 1.165) is 6.20 Å². The van der Waals surface area contributed by atoms with Crippen molar-refractivity contribution < 1.29 is 13.9 Å². The van der Waals surface area contributed by atoms with E-state index >= 15 is 0 Å². The van der Waals surface area contributed by atoms with Crippen molar-refractivity contribution in [2.24, 2.45) is 0 Å². The molecule has 3 aromatic heterocycles. The minimum Gasteiger partial charge on any atom is -0.462 e. The van der Waals surface area contributed by atoms with Crippen molar-refractivity contribution in [3.8, 4) is 0 Å². The molecule has 1 N–H and O–H groups in total. The number of rotatable bonds is 4. The van der Waals surface area contributed by atoms with E-state index in [2.05, 4.69) is 20.3 Å². The maximum Gasteiger partial charge on any atom is 0.339 e. The highest BCUT2D eigenvalue weighted by Gasteiger charge is 2.18. The summed E-state index contributed by atoms with van der Waals surface area (Å²) in [5.74, 6) is -0.0179. The molecule has 22 heavy (non-hydrogen) atoms. The first-order valence-corrected chi connectivity index (χ1v) is 7.35. The monoisotopic (exact) mass is 318 g/mol. The third-order valence-corrected chi connectivity index (χ3v) is 3.73. The lowest BCUT2D eigenvalue weighted by atomic mass is 10.2. The van der Waals surface area contributed by atoms with Crippen LogP contribution < -0.4 is 5.32 Å². The molecule has 3 heterocycles. The van der Waals surface area contributed by atoms with Crippen molar-refractivity contribution in [2.45, 2.75) is 6.92 Å². The Hall–Kier alpha value is -2.61. The number of hydrogen-bond acceptors (Lipinski definition) is 7. The summed E-state index contributed by atoms with van der Waals surface area (Å²) in [5.41, 5.74) is 0.395. The number of aromatic nitrogens is 3. The average Bonchev–Trinajstić information content (AvgIpc) is 2.95. The fourth-order valence-electron chi connectivity index (χ4n) is 1.90. The molecular formula is C14H11FN4O2S. The molecule has 0 spiro atoms. The number of hydrogen-bond donors (Lipinski definition) is 1. The summed E-state index contributed by atoms with van der Waals surface area (Å²) in [6, 6.07) is 2.77. The van der Waals surface area contributed by atoms with E-state index in [1.165, 1.54) is 29.8 Å². The molecular weight excluding hydrogens is 307 g/mol. The number of thiophene rings is 1. The van der Waals surface area contributed by atoms with Gasteiger partial charge in [-0.25, -0.2) is 24.1 Å². The quantitative estimate of drug-likeness (QED) is 0.745. The minimum atomic E-state index is -0.432. The van der Waals surface area contributed by atoms with E-state index in [1.54, 1.807) is 12.3 Å². The van der Waals surface area contributed by atoms with Gasteiger partial charge < -0.3 is 10.1 Å². The number of nitrogens with one attached hydrogen (secondary N) is 1. The predicted molar refractivity (Wildman–Crippen MR) is 80.8 cm³/mol. The fourth-order valence-corrected chi connectivity index (χ4v) is 2.78. The second-order valence-corrected chi connectivity index (χ2v) is 5.12. The summed E-state index contributed by atoms with van der Waals surface area (Å²) >= 11 is 1.32. The van der Waals surface area contributed by atoms with Crippen molar-refractivity contribution in [1.82, 2.24) is 15.0 Å². The SMILES string of the molecule is CCOC(=O)c1csc2ncnc(Nc3ccc(F)cn3)c12. The Morgan fingerprint density at radius 3 is 2.95 bits per heavy atom. The number of esters is 1. The van der Waals surface area contributed by atoms with Crippen LogP contribution in [0.25, 0.3) is 10.2 Å². The van der Waals surface area contributed by atoms with Gasteiger partial charge in [0.25, 0.3) is 0 Å². The van der Waals surface area contributed by atoms with Crippen molar-refractivity contribution >= 4 is 39.2 Å². The largest absolute Gasteiger partial charge is 0.462 e. The zero-order valence-corrected chi connectivity index (χ0v) is 12.4. The number of fused-ring (bicyclic) bond motifs is 1. The van der Waals surface area contributed by atoms with Crippen LogP contribution in [0.5, 0.6) is 0 Å². The van der Waals surface area contributed by atoms with Crippen LogP contribution in [0.2, 0.25) is 0 Å². The molecule has 3 aromatic rings. The van der Waals surface area contributed by atoms with Gasteiger partial charge >= 0.3 is 5.97 Å². The van der Waals surface area contributed by atoms with Crippen LogP contribution in [0.15, 0.2) is 30.0 Å². The van der Waals surface area contributed by atoms with Gasteiger partial charge in [0.05, 0.1) is 23.8 Å². The number of carbonyl (C=O) groups excluding carboxylic acids is 1. The van der Waals surface area contributed by atoms with E-state index in [-0.39, 0.29) is 6.61 Å². The molecule has 0 fully saturated rings. The lowest BCUT2D eigenvalue weighted by Gasteiger charge is -2.07. The summed E-state index contributed by atoms with van der Waals surface area (Å²) in [5, 5.41) is 5.22.